The first-order valence-electron chi connectivity index (χ1n) is 6.20. The lowest BCUT2D eigenvalue weighted by Gasteiger charge is -2.14. The van der Waals surface area contributed by atoms with Crippen LogP contribution in [0.5, 0.6) is 0 Å². The third-order valence-corrected chi connectivity index (χ3v) is 2.53. The SMILES string of the molecule is CCCCC(CC)COCCOCCN. The van der Waals surface area contributed by atoms with Crippen LogP contribution in [-0.2, 0) is 9.47 Å². The van der Waals surface area contributed by atoms with E-state index in [1.165, 1.54) is 25.7 Å². The maximum atomic E-state index is 5.56. The number of unbranched alkanes of at least 4 members (excludes halogenated alkanes) is 1. The van der Waals surface area contributed by atoms with Crippen LogP contribution >= 0.6 is 0 Å². The first kappa shape index (κ1) is 14.9. The van der Waals surface area contributed by atoms with Gasteiger partial charge >= 0.3 is 0 Å². The highest BCUT2D eigenvalue weighted by Gasteiger charge is 2.05. The van der Waals surface area contributed by atoms with Crippen LogP contribution in [0.15, 0.2) is 0 Å². The molecule has 0 saturated heterocycles. The summed E-state index contributed by atoms with van der Waals surface area (Å²) < 4.78 is 10.8. The molecule has 0 fully saturated rings. The van der Waals surface area contributed by atoms with Gasteiger partial charge in [0, 0.05) is 13.2 Å². The van der Waals surface area contributed by atoms with Gasteiger partial charge in [-0.1, -0.05) is 33.1 Å². The van der Waals surface area contributed by atoms with Crippen LogP contribution in [0.25, 0.3) is 0 Å². The molecule has 1 atom stereocenters. The molecule has 0 aromatic carbocycles. The Labute approximate surface area is 94.3 Å². The van der Waals surface area contributed by atoms with Gasteiger partial charge < -0.3 is 15.2 Å². The summed E-state index contributed by atoms with van der Waals surface area (Å²) >= 11 is 0. The lowest BCUT2D eigenvalue weighted by molar-refractivity contribution is 0.0335. The predicted molar refractivity (Wildman–Crippen MR) is 64.0 cm³/mol. The van der Waals surface area contributed by atoms with Gasteiger partial charge in [0.05, 0.1) is 19.8 Å². The standard InChI is InChI=1S/C12H27NO2/c1-3-5-6-12(4-2)11-15-10-9-14-8-7-13/h12H,3-11,13H2,1-2H3. The Morgan fingerprint density at radius 3 is 2.40 bits per heavy atom. The fraction of sp³-hybridized carbons (Fsp3) is 1.00. The highest BCUT2D eigenvalue weighted by atomic mass is 16.5. The lowest BCUT2D eigenvalue weighted by atomic mass is 10.0. The van der Waals surface area contributed by atoms with E-state index < -0.39 is 0 Å². The Kier molecular flexibility index (Phi) is 11.9. The van der Waals surface area contributed by atoms with E-state index in [2.05, 4.69) is 13.8 Å². The molecule has 0 radical (unpaired) electrons. The van der Waals surface area contributed by atoms with Gasteiger partial charge in [-0.3, -0.25) is 0 Å². The average molecular weight is 217 g/mol. The van der Waals surface area contributed by atoms with Crippen LogP contribution in [0.4, 0.5) is 0 Å². The summed E-state index contributed by atoms with van der Waals surface area (Å²) in [5.41, 5.74) is 5.30. The highest BCUT2D eigenvalue weighted by molar-refractivity contribution is 4.55. The zero-order valence-corrected chi connectivity index (χ0v) is 10.3. The second kappa shape index (κ2) is 12.0. The highest BCUT2D eigenvalue weighted by Crippen LogP contribution is 2.12. The van der Waals surface area contributed by atoms with E-state index in [1.807, 2.05) is 0 Å². The zero-order valence-electron chi connectivity index (χ0n) is 10.3. The quantitative estimate of drug-likeness (QED) is 0.540. The molecule has 0 rings (SSSR count). The van der Waals surface area contributed by atoms with Crippen molar-refractivity contribution in [1.82, 2.24) is 0 Å². The molecule has 92 valence electrons. The van der Waals surface area contributed by atoms with Crippen molar-refractivity contribution in [1.29, 1.82) is 0 Å². The summed E-state index contributed by atoms with van der Waals surface area (Å²) in [6.07, 6.45) is 5.09. The van der Waals surface area contributed by atoms with Gasteiger partial charge in [-0.25, -0.2) is 0 Å². The van der Waals surface area contributed by atoms with Gasteiger partial charge in [-0.05, 0) is 12.3 Å². The van der Waals surface area contributed by atoms with Crippen molar-refractivity contribution < 1.29 is 9.47 Å². The van der Waals surface area contributed by atoms with Gasteiger partial charge in [0.2, 0.25) is 0 Å². The molecule has 0 amide bonds. The molecular formula is C12H27NO2. The Hall–Kier alpha value is -0.120. The summed E-state index contributed by atoms with van der Waals surface area (Å²) in [7, 11) is 0. The van der Waals surface area contributed by atoms with Gasteiger partial charge in [0.25, 0.3) is 0 Å². The fourth-order valence-corrected chi connectivity index (χ4v) is 1.45. The minimum absolute atomic E-state index is 0.591. The predicted octanol–water partition coefficient (Wildman–Crippen LogP) is 2.19. The smallest absolute Gasteiger partial charge is 0.0701 e. The Morgan fingerprint density at radius 2 is 1.80 bits per heavy atom. The van der Waals surface area contributed by atoms with Gasteiger partial charge in [0.15, 0.2) is 0 Å². The molecule has 0 saturated carbocycles. The Bertz CT molecular complexity index is 120. The second-order valence-electron chi connectivity index (χ2n) is 3.89. The van der Waals surface area contributed by atoms with E-state index in [1.54, 1.807) is 0 Å². The summed E-state index contributed by atoms with van der Waals surface area (Å²) in [5.74, 6) is 0.722. The van der Waals surface area contributed by atoms with Gasteiger partial charge in [-0.15, -0.1) is 0 Å². The first-order valence-corrected chi connectivity index (χ1v) is 6.20. The maximum Gasteiger partial charge on any atom is 0.0701 e. The summed E-state index contributed by atoms with van der Waals surface area (Å²) in [4.78, 5) is 0. The summed E-state index contributed by atoms with van der Waals surface area (Å²) in [6.45, 7) is 7.93. The molecule has 0 aromatic heterocycles. The van der Waals surface area contributed by atoms with Crippen LogP contribution in [0, 0.1) is 5.92 Å². The van der Waals surface area contributed by atoms with Crippen LogP contribution in [0.3, 0.4) is 0 Å². The molecule has 0 aromatic rings. The average Bonchev–Trinajstić information content (AvgIpc) is 2.27. The Balaban J connectivity index is 3.22. The van der Waals surface area contributed by atoms with E-state index in [0.717, 1.165) is 12.5 Å². The van der Waals surface area contributed by atoms with Crippen molar-refractivity contribution in [2.75, 3.05) is 33.0 Å². The van der Waals surface area contributed by atoms with Gasteiger partial charge in [0.1, 0.15) is 0 Å². The third kappa shape index (κ3) is 10.2. The van der Waals surface area contributed by atoms with Crippen LogP contribution in [0.2, 0.25) is 0 Å². The summed E-state index contributed by atoms with van der Waals surface area (Å²) in [6, 6.07) is 0. The molecule has 0 bridgehead atoms. The molecule has 0 heterocycles. The fourth-order valence-electron chi connectivity index (χ4n) is 1.45. The van der Waals surface area contributed by atoms with Crippen LogP contribution in [-0.4, -0.2) is 33.0 Å². The van der Waals surface area contributed by atoms with Crippen molar-refractivity contribution in [3.05, 3.63) is 0 Å². The van der Waals surface area contributed by atoms with Gasteiger partial charge in [-0.2, -0.15) is 0 Å². The van der Waals surface area contributed by atoms with E-state index in [9.17, 15) is 0 Å². The Morgan fingerprint density at radius 1 is 1.07 bits per heavy atom. The molecule has 0 aliphatic carbocycles. The molecule has 0 aliphatic rings. The second-order valence-corrected chi connectivity index (χ2v) is 3.89. The lowest BCUT2D eigenvalue weighted by Crippen LogP contribution is -2.15. The number of hydrogen-bond acceptors (Lipinski definition) is 3. The van der Waals surface area contributed by atoms with Crippen molar-refractivity contribution >= 4 is 0 Å². The summed E-state index contributed by atoms with van der Waals surface area (Å²) in [5, 5.41) is 0. The largest absolute Gasteiger partial charge is 0.379 e. The number of nitrogens with two attached hydrogens (primary N) is 1. The van der Waals surface area contributed by atoms with E-state index in [4.69, 9.17) is 15.2 Å². The van der Waals surface area contributed by atoms with Crippen molar-refractivity contribution in [3.8, 4) is 0 Å². The molecule has 1 unspecified atom stereocenters. The molecule has 3 nitrogen and oxygen atoms in total. The minimum atomic E-state index is 0.591. The third-order valence-electron chi connectivity index (χ3n) is 2.53. The molecule has 3 heteroatoms. The van der Waals surface area contributed by atoms with Crippen LogP contribution in [0.1, 0.15) is 39.5 Å². The van der Waals surface area contributed by atoms with Crippen molar-refractivity contribution in [2.45, 2.75) is 39.5 Å². The molecule has 15 heavy (non-hydrogen) atoms. The minimum Gasteiger partial charge on any atom is -0.379 e. The normalized spacial score (nSPS) is 13.0. The molecule has 2 N–H and O–H groups in total. The van der Waals surface area contributed by atoms with Crippen molar-refractivity contribution in [3.63, 3.8) is 0 Å². The maximum absolute atomic E-state index is 5.56. The molecule has 0 aliphatic heterocycles. The molecular weight excluding hydrogens is 190 g/mol. The van der Waals surface area contributed by atoms with E-state index >= 15 is 0 Å². The first-order chi connectivity index (χ1) is 7.35. The number of hydrogen-bond donors (Lipinski definition) is 1. The number of rotatable bonds is 11. The molecule has 0 spiro atoms. The van der Waals surface area contributed by atoms with E-state index in [-0.39, 0.29) is 0 Å². The van der Waals surface area contributed by atoms with Crippen LogP contribution < -0.4 is 5.73 Å². The van der Waals surface area contributed by atoms with Crippen molar-refractivity contribution in [2.24, 2.45) is 11.7 Å². The topological polar surface area (TPSA) is 44.5 Å². The monoisotopic (exact) mass is 217 g/mol. The van der Waals surface area contributed by atoms with E-state index in [0.29, 0.717) is 26.4 Å². The zero-order chi connectivity index (χ0) is 11.4. The number of ether oxygens (including phenoxy) is 2.